The van der Waals surface area contributed by atoms with E-state index >= 15 is 0 Å². The number of carbonyl (C=O) groups is 2. The van der Waals surface area contributed by atoms with E-state index in [0.29, 0.717) is 61.3 Å². The Hall–Kier alpha value is -3.52. The van der Waals surface area contributed by atoms with Crippen molar-refractivity contribution >= 4 is 17.4 Å². The predicted molar refractivity (Wildman–Crippen MR) is 160 cm³/mol. The molecule has 0 radical (unpaired) electrons. The first-order chi connectivity index (χ1) is 19.7. The Morgan fingerprint density at radius 1 is 1.07 bits per heavy atom. The number of benzene rings is 2. The number of hydrogen-bond donors (Lipinski definition) is 1. The molecule has 2 aromatic carbocycles. The summed E-state index contributed by atoms with van der Waals surface area (Å²) in [7, 11) is 0. The van der Waals surface area contributed by atoms with Crippen LogP contribution in [0.15, 0.2) is 42.0 Å². The Bertz CT molecular complexity index is 1280. The van der Waals surface area contributed by atoms with Gasteiger partial charge in [0.15, 0.2) is 11.5 Å². The van der Waals surface area contributed by atoms with Crippen molar-refractivity contribution in [2.24, 2.45) is 5.92 Å². The maximum absolute atomic E-state index is 13.6. The highest BCUT2D eigenvalue weighted by Crippen LogP contribution is 2.43. The number of aliphatic hydroxyl groups excluding tert-OH is 1. The van der Waals surface area contributed by atoms with Gasteiger partial charge >= 0.3 is 0 Å². The minimum absolute atomic E-state index is 0.0475. The predicted octanol–water partition coefficient (Wildman–Crippen LogP) is 5.60. The average Bonchev–Trinajstić information content (AvgIpc) is 3.44. The second-order valence-corrected chi connectivity index (χ2v) is 11.1. The van der Waals surface area contributed by atoms with Gasteiger partial charge in [-0.25, -0.2) is 0 Å². The monoisotopic (exact) mass is 564 g/mol. The van der Waals surface area contributed by atoms with Crippen molar-refractivity contribution < 1.29 is 28.9 Å². The Morgan fingerprint density at radius 3 is 2.51 bits per heavy atom. The number of likely N-dealkylation sites (N-methyl/N-ethyl adjacent to an activating group) is 1. The molecule has 0 bridgehead atoms. The molecule has 8 nitrogen and oxygen atoms in total. The van der Waals surface area contributed by atoms with Crippen molar-refractivity contribution in [3.8, 4) is 17.2 Å². The van der Waals surface area contributed by atoms with Gasteiger partial charge in [0.2, 0.25) is 0 Å². The van der Waals surface area contributed by atoms with Gasteiger partial charge in [-0.3, -0.25) is 9.59 Å². The third kappa shape index (κ3) is 6.70. The summed E-state index contributed by atoms with van der Waals surface area (Å²) in [4.78, 5) is 30.8. The van der Waals surface area contributed by atoms with E-state index in [1.807, 2.05) is 44.2 Å². The zero-order valence-corrected chi connectivity index (χ0v) is 25.2. The number of rotatable bonds is 13. The van der Waals surface area contributed by atoms with E-state index in [0.717, 1.165) is 30.8 Å². The average molecular weight is 565 g/mol. The molecule has 8 heteroatoms. The minimum Gasteiger partial charge on any atom is -0.507 e. The van der Waals surface area contributed by atoms with Crippen LogP contribution < -0.4 is 14.2 Å². The second-order valence-electron chi connectivity index (χ2n) is 11.1. The lowest BCUT2D eigenvalue weighted by Crippen LogP contribution is -2.38. The summed E-state index contributed by atoms with van der Waals surface area (Å²) in [6.45, 7) is 15.9. The van der Waals surface area contributed by atoms with Crippen LogP contribution in [0.1, 0.15) is 70.7 Å². The number of fused-ring (bicyclic) bond motifs is 1. The van der Waals surface area contributed by atoms with Crippen LogP contribution in [0.25, 0.3) is 5.76 Å². The summed E-state index contributed by atoms with van der Waals surface area (Å²) >= 11 is 0. The van der Waals surface area contributed by atoms with Crippen molar-refractivity contribution in [3.05, 3.63) is 58.7 Å². The molecule has 2 unspecified atom stereocenters. The van der Waals surface area contributed by atoms with Gasteiger partial charge in [0.05, 0.1) is 24.8 Å². The van der Waals surface area contributed by atoms with Crippen LogP contribution in [0.3, 0.4) is 0 Å². The highest BCUT2D eigenvalue weighted by Gasteiger charge is 2.46. The Kier molecular flexibility index (Phi) is 9.97. The standard InChI is InChI=1S/C33H44N2O6/c1-7-34(8-2)15-16-35-30(23-10-13-27(28(20-23)39-9-3)40-17-14-21(4)5)29(32(37)33(35)38)31(36)24-11-12-26-25(19-24)18-22(6)41-26/h10-13,19-22,30,36H,7-9,14-18H2,1-6H3/b31-29-. The number of ether oxygens (including phenoxy) is 3. The molecule has 1 amide bonds. The molecule has 41 heavy (non-hydrogen) atoms. The van der Waals surface area contributed by atoms with Gasteiger partial charge in [-0.1, -0.05) is 33.8 Å². The van der Waals surface area contributed by atoms with Crippen molar-refractivity contribution in [1.82, 2.24) is 9.80 Å². The van der Waals surface area contributed by atoms with Gasteiger partial charge in [-0.05, 0) is 80.7 Å². The van der Waals surface area contributed by atoms with Gasteiger partial charge in [0, 0.05) is 25.1 Å². The molecule has 0 spiro atoms. The summed E-state index contributed by atoms with van der Waals surface area (Å²) in [5.41, 5.74) is 2.22. The van der Waals surface area contributed by atoms with Crippen LogP contribution in [0.4, 0.5) is 0 Å². The Morgan fingerprint density at radius 2 is 1.83 bits per heavy atom. The quantitative estimate of drug-likeness (QED) is 0.193. The van der Waals surface area contributed by atoms with Crippen LogP contribution in [0.2, 0.25) is 0 Å². The van der Waals surface area contributed by atoms with E-state index in [9.17, 15) is 14.7 Å². The fourth-order valence-corrected chi connectivity index (χ4v) is 5.46. The number of ketones is 1. The first-order valence-electron chi connectivity index (χ1n) is 14.9. The van der Waals surface area contributed by atoms with Crippen LogP contribution in [0.5, 0.6) is 17.2 Å². The largest absolute Gasteiger partial charge is 0.507 e. The number of likely N-dealkylation sites (tertiary alicyclic amines) is 1. The third-order valence-corrected chi connectivity index (χ3v) is 7.80. The molecule has 2 atom stereocenters. The number of carbonyl (C=O) groups excluding carboxylic acids is 2. The fourth-order valence-electron chi connectivity index (χ4n) is 5.46. The van der Waals surface area contributed by atoms with E-state index in [4.69, 9.17) is 14.2 Å². The SMILES string of the molecule is CCOc1cc(C2/C(=C(/O)c3ccc4c(c3)CC(C)O4)C(=O)C(=O)N2CCN(CC)CC)ccc1OCCC(C)C. The molecule has 2 aromatic rings. The highest BCUT2D eigenvalue weighted by atomic mass is 16.5. The minimum atomic E-state index is -0.766. The molecule has 2 aliphatic rings. The molecule has 2 aliphatic heterocycles. The maximum atomic E-state index is 13.6. The van der Waals surface area contributed by atoms with E-state index in [-0.39, 0.29) is 17.4 Å². The van der Waals surface area contributed by atoms with Gasteiger partial charge in [0.1, 0.15) is 17.6 Å². The lowest BCUT2D eigenvalue weighted by atomic mass is 9.94. The molecule has 222 valence electrons. The van der Waals surface area contributed by atoms with Crippen molar-refractivity contribution in [2.75, 3.05) is 39.4 Å². The van der Waals surface area contributed by atoms with E-state index in [2.05, 4.69) is 32.6 Å². The summed E-state index contributed by atoms with van der Waals surface area (Å²) in [5.74, 6) is 0.959. The normalized spacial score (nSPS) is 19.7. The smallest absolute Gasteiger partial charge is 0.295 e. The van der Waals surface area contributed by atoms with Crippen LogP contribution >= 0.6 is 0 Å². The number of amides is 1. The van der Waals surface area contributed by atoms with Crippen molar-refractivity contribution in [2.45, 2.75) is 66.5 Å². The molecule has 1 saturated heterocycles. The molecule has 4 rings (SSSR count). The first-order valence-corrected chi connectivity index (χ1v) is 14.9. The maximum Gasteiger partial charge on any atom is 0.295 e. The molecule has 0 aromatic heterocycles. The van der Waals surface area contributed by atoms with Crippen LogP contribution in [0, 0.1) is 5.92 Å². The number of hydrogen-bond acceptors (Lipinski definition) is 7. The van der Waals surface area contributed by atoms with Gasteiger partial charge in [0.25, 0.3) is 11.7 Å². The fraction of sp³-hybridized carbons (Fsp3) is 0.515. The van der Waals surface area contributed by atoms with Crippen LogP contribution in [-0.4, -0.2) is 72.1 Å². The molecule has 1 fully saturated rings. The summed E-state index contributed by atoms with van der Waals surface area (Å²) < 4.78 is 17.8. The van der Waals surface area contributed by atoms with Gasteiger partial charge < -0.3 is 29.1 Å². The first kappa shape index (κ1) is 30.4. The highest BCUT2D eigenvalue weighted by molar-refractivity contribution is 6.46. The third-order valence-electron chi connectivity index (χ3n) is 7.80. The summed E-state index contributed by atoms with van der Waals surface area (Å²) in [6.07, 6.45) is 1.67. The number of aliphatic hydroxyl groups is 1. The second kappa shape index (κ2) is 13.4. The van der Waals surface area contributed by atoms with Gasteiger partial charge in [-0.2, -0.15) is 0 Å². The molecule has 0 aliphatic carbocycles. The van der Waals surface area contributed by atoms with E-state index in [1.54, 1.807) is 11.0 Å². The number of Topliss-reactive ketones (excluding diaryl/α,β-unsaturated/α-hetero) is 1. The lowest BCUT2D eigenvalue weighted by molar-refractivity contribution is -0.140. The molecular formula is C33H44N2O6. The molecular weight excluding hydrogens is 520 g/mol. The Balaban J connectivity index is 1.78. The summed E-state index contributed by atoms with van der Waals surface area (Å²) in [6, 6.07) is 10.2. The van der Waals surface area contributed by atoms with Crippen molar-refractivity contribution in [1.29, 1.82) is 0 Å². The zero-order chi connectivity index (χ0) is 29.7. The molecule has 1 N–H and O–H groups in total. The molecule has 0 saturated carbocycles. The van der Waals surface area contributed by atoms with E-state index < -0.39 is 17.7 Å². The molecule has 2 heterocycles. The zero-order valence-electron chi connectivity index (χ0n) is 25.2. The van der Waals surface area contributed by atoms with Gasteiger partial charge in [-0.15, -0.1) is 0 Å². The number of nitrogens with zero attached hydrogens (tertiary/aromatic N) is 2. The topological polar surface area (TPSA) is 88.5 Å². The van der Waals surface area contributed by atoms with Crippen molar-refractivity contribution in [3.63, 3.8) is 0 Å². The lowest BCUT2D eigenvalue weighted by Gasteiger charge is -2.28. The summed E-state index contributed by atoms with van der Waals surface area (Å²) in [5, 5.41) is 11.6. The van der Waals surface area contributed by atoms with Crippen LogP contribution in [-0.2, 0) is 16.0 Å². The van der Waals surface area contributed by atoms with E-state index in [1.165, 1.54) is 0 Å². The Labute approximate surface area is 243 Å².